The molecule has 0 atom stereocenters. The normalized spacial score (nSPS) is 10.3. The fourth-order valence-corrected chi connectivity index (χ4v) is 2.69. The van der Waals surface area contributed by atoms with Crippen LogP contribution in [0.1, 0.15) is 20.1 Å². The summed E-state index contributed by atoms with van der Waals surface area (Å²) in [5.74, 6) is -0.925. The molecule has 0 spiro atoms. The van der Waals surface area contributed by atoms with E-state index in [-0.39, 0.29) is 4.88 Å². The molecule has 0 radical (unpaired) electrons. The molecule has 0 saturated carbocycles. The lowest BCUT2D eigenvalue weighted by atomic mass is 10.1. The van der Waals surface area contributed by atoms with Crippen LogP contribution in [0.5, 0.6) is 0 Å². The second-order valence-corrected chi connectivity index (χ2v) is 4.89. The predicted octanol–water partition coefficient (Wildman–Crippen LogP) is 3.69. The van der Waals surface area contributed by atoms with E-state index in [1.807, 2.05) is 30.3 Å². The summed E-state index contributed by atoms with van der Waals surface area (Å²) in [4.78, 5) is 12.0. The van der Waals surface area contributed by atoms with Crippen molar-refractivity contribution in [3.8, 4) is 0 Å². The Labute approximate surface area is 102 Å². The monoisotopic (exact) mass is 252 g/mol. The highest BCUT2D eigenvalue weighted by atomic mass is 35.5. The molecule has 82 valence electrons. The largest absolute Gasteiger partial charge is 0.477 e. The van der Waals surface area contributed by atoms with Gasteiger partial charge in [0.15, 0.2) is 0 Å². The van der Waals surface area contributed by atoms with Gasteiger partial charge in [0.25, 0.3) is 0 Å². The molecule has 0 bridgehead atoms. The minimum absolute atomic E-state index is 0.288. The molecule has 0 fully saturated rings. The number of thiophene rings is 1. The number of hydrogen-bond acceptors (Lipinski definition) is 2. The number of aromatic carboxylic acids is 1. The third kappa shape index (κ3) is 2.43. The lowest BCUT2D eigenvalue weighted by molar-refractivity contribution is 0.0702. The first kappa shape index (κ1) is 11.2. The fraction of sp³-hybridized carbons (Fsp3) is 0.0833. The van der Waals surface area contributed by atoms with E-state index >= 15 is 0 Å². The predicted molar refractivity (Wildman–Crippen MR) is 65.5 cm³/mol. The second-order valence-electron chi connectivity index (χ2n) is 3.35. The third-order valence-electron chi connectivity index (χ3n) is 2.18. The van der Waals surface area contributed by atoms with Crippen LogP contribution < -0.4 is 0 Å². The van der Waals surface area contributed by atoms with E-state index in [2.05, 4.69) is 0 Å². The standard InChI is InChI=1S/C12H9ClO2S/c13-9-7-11(12(14)15)16-10(9)6-8-4-2-1-3-5-8/h1-5,7H,6H2,(H,14,15). The zero-order valence-corrected chi connectivity index (χ0v) is 9.89. The number of benzene rings is 1. The van der Waals surface area contributed by atoms with Gasteiger partial charge < -0.3 is 5.11 Å². The number of carboxylic acids is 1. The fourth-order valence-electron chi connectivity index (χ4n) is 1.41. The van der Waals surface area contributed by atoms with Gasteiger partial charge in [0.05, 0.1) is 5.02 Å². The van der Waals surface area contributed by atoms with Gasteiger partial charge in [-0.2, -0.15) is 0 Å². The number of carboxylic acid groups (broad SMARTS) is 1. The summed E-state index contributed by atoms with van der Waals surface area (Å²) in [5, 5.41) is 9.37. The van der Waals surface area contributed by atoms with E-state index in [9.17, 15) is 4.79 Å². The van der Waals surface area contributed by atoms with E-state index in [4.69, 9.17) is 16.7 Å². The summed E-state index contributed by atoms with van der Waals surface area (Å²) in [6.07, 6.45) is 0.678. The maximum atomic E-state index is 10.8. The summed E-state index contributed by atoms with van der Waals surface area (Å²) < 4.78 is 0. The average Bonchev–Trinajstić information content (AvgIpc) is 2.62. The highest BCUT2D eigenvalue weighted by Crippen LogP contribution is 2.29. The van der Waals surface area contributed by atoms with Crippen molar-refractivity contribution in [1.82, 2.24) is 0 Å². The number of hydrogen-bond donors (Lipinski definition) is 1. The number of carbonyl (C=O) groups is 1. The third-order valence-corrected chi connectivity index (χ3v) is 3.75. The molecular weight excluding hydrogens is 244 g/mol. The second kappa shape index (κ2) is 4.68. The van der Waals surface area contributed by atoms with Crippen LogP contribution in [0.15, 0.2) is 36.4 Å². The maximum Gasteiger partial charge on any atom is 0.345 e. The maximum absolute atomic E-state index is 10.8. The number of rotatable bonds is 3. The first-order chi connectivity index (χ1) is 7.66. The molecule has 0 saturated heterocycles. The summed E-state index contributed by atoms with van der Waals surface area (Å²) in [6.45, 7) is 0. The summed E-state index contributed by atoms with van der Waals surface area (Å²) in [6, 6.07) is 11.4. The Bertz CT molecular complexity index is 505. The lowest BCUT2D eigenvalue weighted by Gasteiger charge is -1.98. The first-order valence-corrected chi connectivity index (χ1v) is 5.91. The molecule has 1 heterocycles. The van der Waals surface area contributed by atoms with Crippen molar-refractivity contribution >= 4 is 28.9 Å². The van der Waals surface area contributed by atoms with Crippen molar-refractivity contribution in [3.05, 3.63) is 56.7 Å². The molecule has 0 unspecified atom stereocenters. The quantitative estimate of drug-likeness (QED) is 0.905. The molecule has 16 heavy (non-hydrogen) atoms. The Morgan fingerprint density at radius 2 is 2.00 bits per heavy atom. The van der Waals surface area contributed by atoms with Gasteiger partial charge in [-0.25, -0.2) is 4.79 Å². The molecule has 0 aliphatic rings. The molecule has 4 heteroatoms. The molecule has 1 aromatic carbocycles. The van der Waals surface area contributed by atoms with Crippen molar-refractivity contribution in [2.24, 2.45) is 0 Å². The smallest absolute Gasteiger partial charge is 0.345 e. The molecule has 1 aromatic heterocycles. The van der Waals surface area contributed by atoms with E-state index in [0.29, 0.717) is 11.4 Å². The van der Waals surface area contributed by atoms with Gasteiger partial charge in [-0.3, -0.25) is 0 Å². The van der Waals surface area contributed by atoms with Crippen LogP contribution in [0.25, 0.3) is 0 Å². The van der Waals surface area contributed by atoms with Gasteiger partial charge in [-0.15, -0.1) is 11.3 Å². The summed E-state index contributed by atoms with van der Waals surface area (Å²) in [7, 11) is 0. The van der Waals surface area contributed by atoms with Gasteiger partial charge in [-0.1, -0.05) is 41.9 Å². The molecule has 0 aliphatic heterocycles. The Hall–Kier alpha value is -1.32. The molecule has 2 rings (SSSR count). The minimum atomic E-state index is -0.925. The highest BCUT2D eigenvalue weighted by molar-refractivity contribution is 7.14. The molecule has 1 N–H and O–H groups in total. The Kier molecular flexibility index (Phi) is 3.27. The zero-order valence-electron chi connectivity index (χ0n) is 8.31. The van der Waals surface area contributed by atoms with Crippen LogP contribution in [0.3, 0.4) is 0 Å². The van der Waals surface area contributed by atoms with Gasteiger partial charge in [0.2, 0.25) is 0 Å². The van der Waals surface area contributed by atoms with Crippen molar-refractivity contribution in [1.29, 1.82) is 0 Å². The SMILES string of the molecule is O=C(O)c1cc(Cl)c(Cc2ccccc2)s1. The molecule has 0 aliphatic carbocycles. The zero-order chi connectivity index (χ0) is 11.5. The molecule has 0 amide bonds. The van der Waals surface area contributed by atoms with Gasteiger partial charge >= 0.3 is 5.97 Å². The first-order valence-electron chi connectivity index (χ1n) is 4.72. The Balaban J connectivity index is 2.25. The van der Waals surface area contributed by atoms with Crippen molar-refractivity contribution in [2.75, 3.05) is 0 Å². The van der Waals surface area contributed by atoms with Crippen molar-refractivity contribution in [2.45, 2.75) is 6.42 Å². The van der Waals surface area contributed by atoms with Gasteiger partial charge in [0, 0.05) is 11.3 Å². The van der Waals surface area contributed by atoms with Crippen LogP contribution in [0, 0.1) is 0 Å². The van der Waals surface area contributed by atoms with Crippen LogP contribution in [0.4, 0.5) is 0 Å². The number of halogens is 1. The summed E-state index contributed by atoms with van der Waals surface area (Å²) >= 11 is 7.22. The van der Waals surface area contributed by atoms with Crippen LogP contribution in [-0.4, -0.2) is 11.1 Å². The highest BCUT2D eigenvalue weighted by Gasteiger charge is 2.12. The van der Waals surface area contributed by atoms with E-state index < -0.39 is 5.97 Å². The van der Waals surface area contributed by atoms with Crippen LogP contribution in [-0.2, 0) is 6.42 Å². The van der Waals surface area contributed by atoms with Gasteiger partial charge in [-0.05, 0) is 11.6 Å². The van der Waals surface area contributed by atoms with E-state index in [1.54, 1.807) is 0 Å². The van der Waals surface area contributed by atoms with Crippen molar-refractivity contribution in [3.63, 3.8) is 0 Å². The van der Waals surface area contributed by atoms with Crippen LogP contribution >= 0.6 is 22.9 Å². The minimum Gasteiger partial charge on any atom is -0.477 e. The van der Waals surface area contributed by atoms with Crippen LogP contribution in [0.2, 0.25) is 5.02 Å². The van der Waals surface area contributed by atoms with Crippen molar-refractivity contribution < 1.29 is 9.90 Å². The molecule has 2 nitrogen and oxygen atoms in total. The van der Waals surface area contributed by atoms with Gasteiger partial charge in [0.1, 0.15) is 4.88 Å². The average molecular weight is 253 g/mol. The van der Waals surface area contributed by atoms with E-state index in [0.717, 1.165) is 10.4 Å². The Morgan fingerprint density at radius 1 is 1.31 bits per heavy atom. The molecule has 2 aromatic rings. The Morgan fingerprint density at radius 3 is 2.56 bits per heavy atom. The topological polar surface area (TPSA) is 37.3 Å². The lowest BCUT2D eigenvalue weighted by Crippen LogP contribution is -1.89. The van der Waals surface area contributed by atoms with E-state index in [1.165, 1.54) is 17.4 Å². The molecular formula is C12H9ClO2S. The summed E-state index contributed by atoms with van der Waals surface area (Å²) in [5.41, 5.74) is 1.13.